The number of rotatable bonds is 4. The van der Waals surface area contributed by atoms with Gasteiger partial charge in [0.25, 0.3) is 0 Å². The number of amides is 2. The first-order valence-corrected chi connectivity index (χ1v) is 12.4. The summed E-state index contributed by atoms with van der Waals surface area (Å²) in [4.78, 5) is 39.5. The van der Waals surface area contributed by atoms with Crippen molar-refractivity contribution in [2.24, 2.45) is 23.0 Å². The van der Waals surface area contributed by atoms with Crippen LogP contribution >= 0.6 is 0 Å². The van der Waals surface area contributed by atoms with Crippen LogP contribution < -0.4 is 11.1 Å². The van der Waals surface area contributed by atoms with Gasteiger partial charge in [-0.2, -0.15) is 0 Å². The van der Waals surface area contributed by atoms with Crippen molar-refractivity contribution in [1.82, 2.24) is 10.2 Å². The molecule has 0 aromatic heterocycles. The molecule has 10 nitrogen and oxygen atoms in total. The zero-order valence-electron chi connectivity index (χ0n) is 22.1. The lowest BCUT2D eigenvalue weighted by molar-refractivity contribution is -0.128. The lowest BCUT2D eigenvalue weighted by atomic mass is 9.59. The highest BCUT2D eigenvalue weighted by molar-refractivity contribution is 6.13. The number of aromatic hydroxyl groups is 1. The van der Waals surface area contributed by atoms with E-state index in [1.165, 1.54) is 0 Å². The molecule has 4 atom stereocenters. The molecule has 7 N–H and O–H groups in total. The topological polar surface area (TPSA) is 173 Å². The monoisotopic (exact) mass is 531 g/mol. The van der Waals surface area contributed by atoms with Gasteiger partial charge in [0, 0.05) is 41.0 Å². The molecule has 3 aliphatic rings. The van der Waals surface area contributed by atoms with E-state index >= 15 is 4.39 Å². The number of Topliss-reactive ketones (excluding diaryl/α,β-unsaturated/α-hetero) is 1. The zero-order valence-corrected chi connectivity index (χ0v) is 22.1. The third-order valence-electron chi connectivity index (χ3n) is 7.95. The Hall–Kier alpha value is -3.44. The van der Waals surface area contributed by atoms with Crippen LogP contribution in [0.1, 0.15) is 55.1 Å². The second kappa shape index (κ2) is 9.09. The van der Waals surface area contributed by atoms with Gasteiger partial charge in [0.2, 0.25) is 11.8 Å². The first kappa shape index (κ1) is 27.6. The molecule has 2 amide bonds. The first-order chi connectivity index (χ1) is 17.5. The molecule has 206 valence electrons. The third kappa shape index (κ3) is 4.14. The average molecular weight is 532 g/mol. The van der Waals surface area contributed by atoms with Crippen LogP contribution in [0.3, 0.4) is 0 Å². The molecule has 0 saturated carbocycles. The van der Waals surface area contributed by atoms with Gasteiger partial charge in [-0.3, -0.25) is 19.3 Å². The number of allylic oxidation sites excluding steroid dienone is 1. The van der Waals surface area contributed by atoms with E-state index in [4.69, 9.17) is 5.73 Å². The molecular formula is C27H34FN3O7. The van der Waals surface area contributed by atoms with Gasteiger partial charge in [-0.25, -0.2) is 4.39 Å². The van der Waals surface area contributed by atoms with Crippen LogP contribution in [0.2, 0.25) is 0 Å². The molecule has 0 spiro atoms. The minimum absolute atomic E-state index is 0.00567. The molecule has 0 saturated heterocycles. The number of ketones is 1. The van der Waals surface area contributed by atoms with Crippen LogP contribution in [0.5, 0.6) is 5.75 Å². The maximum Gasteiger partial charge on any atom is 0.248 e. The smallest absolute Gasteiger partial charge is 0.248 e. The van der Waals surface area contributed by atoms with E-state index in [1.807, 2.05) is 0 Å². The lowest BCUT2D eigenvalue weighted by Crippen LogP contribution is -2.59. The fraction of sp³-hybridized carbons (Fsp3) is 0.519. The quantitative estimate of drug-likeness (QED) is 0.341. The molecule has 4 rings (SSSR count). The van der Waals surface area contributed by atoms with Crippen molar-refractivity contribution < 1.29 is 39.2 Å². The number of halogens is 1. The van der Waals surface area contributed by atoms with Crippen molar-refractivity contribution in [2.75, 3.05) is 14.1 Å². The number of carbonyl (C=O) groups excluding carboxylic acids is 3. The molecule has 0 radical (unpaired) electrons. The highest BCUT2D eigenvalue weighted by Gasteiger charge is 2.58. The summed E-state index contributed by atoms with van der Waals surface area (Å²) in [7, 11) is 3.25. The molecule has 0 heterocycles. The summed E-state index contributed by atoms with van der Waals surface area (Å²) >= 11 is 0. The Morgan fingerprint density at radius 3 is 2.42 bits per heavy atom. The summed E-state index contributed by atoms with van der Waals surface area (Å²) in [5.41, 5.74) is 1.86. The predicted molar refractivity (Wildman–Crippen MR) is 135 cm³/mol. The molecule has 0 bridgehead atoms. The molecule has 38 heavy (non-hydrogen) atoms. The van der Waals surface area contributed by atoms with Crippen molar-refractivity contribution >= 4 is 17.6 Å². The minimum atomic E-state index is -2.09. The van der Waals surface area contributed by atoms with Crippen LogP contribution in [-0.4, -0.2) is 68.7 Å². The number of aliphatic hydroxyl groups excluding tert-OH is 2. The van der Waals surface area contributed by atoms with Gasteiger partial charge in [-0.1, -0.05) is 20.8 Å². The van der Waals surface area contributed by atoms with Gasteiger partial charge in [0.1, 0.15) is 28.7 Å². The van der Waals surface area contributed by atoms with E-state index < -0.39 is 64.3 Å². The maximum absolute atomic E-state index is 15.7. The van der Waals surface area contributed by atoms with Crippen molar-refractivity contribution in [1.29, 1.82) is 0 Å². The number of phenolic OH excluding ortho intramolecular Hbond substituents is 1. The molecule has 0 fully saturated rings. The first-order valence-electron chi connectivity index (χ1n) is 12.4. The summed E-state index contributed by atoms with van der Waals surface area (Å²) in [6.45, 7) is 4.92. The molecule has 11 heteroatoms. The Balaban J connectivity index is 1.80. The van der Waals surface area contributed by atoms with Gasteiger partial charge in [0.15, 0.2) is 5.78 Å². The van der Waals surface area contributed by atoms with E-state index in [1.54, 1.807) is 39.8 Å². The number of nitrogens with zero attached hydrogens (tertiary/aromatic N) is 1. The fourth-order valence-corrected chi connectivity index (χ4v) is 6.01. The summed E-state index contributed by atoms with van der Waals surface area (Å²) in [6.07, 6.45) is -0.496. The van der Waals surface area contributed by atoms with Crippen molar-refractivity contribution in [2.45, 2.75) is 58.2 Å². The number of aliphatic hydroxyl groups is 3. The standard InChI is InChI=1S/C27H34FN3O7/c1-26(2,3)25(37)30-10-12-8-16(32)18-13(19(12)28)6-11-7-15-20(31(4)5)21(33)14(24(29)36)9-27(15,38)23(35)17(11)22(18)34/h8,11,15,20,32-33,35,38H,6-7,9-10H2,1-5H3,(H2,29,36)(H,30,37)/t11-,15-,20-,27-/m0/s1. The number of hydrogen-bond donors (Lipinski definition) is 6. The highest BCUT2D eigenvalue weighted by atomic mass is 19.1. The number of nitrogens with two attached hydrogens (primary N) is 1. The Morgan fingerprint density at radius 2 is 1.87 bits per heavy atom. The third-order valence-corrected chi connectivity index (χ3v) is 7.95. The number of primary amides is 1. The molecular weight excluding hydrogens is 497 g/mol. The average Bonchev–Trinajstić information content (AvgIpc) is 2.80. The van der Waals surface area contributed by atoms with E-state index in [0.29, 0.717) is 0 Å². The number of carbonyl (C=O) groups is 3. The normalized spacial score (nSPS) is 27.2. The van der Waals surface area contributed by atoms with E-state index in [9.17, 15) is 34.8 Å². The van der Waals surface area contributed by atoms with Gasteiger partial charge in [0.05, 0.1) is 17.2 Å². The molecule has 1 aromatic carbocycles. The van der Waals surface area contributed by atoms with E-state index in [0.717, 1.165) is 6.07 Å². The lowest BCUT2D eigenvalue weighted by Gasteiger charge is -2.51. The summed E-state index contributed by atoms with van der Waals surface area (Å²) < 4.78 is 15.7. The van der Waals surface area contributed by atoms with Gasteiger partial charge < -0.3 is 31.5 Å². The Kier molecular flexibility index (Phi) is 6.60. The second-order valence-electron chi connectivity index (χ2n) is 11.7. The predicted octanol–water partition coefficient (Wildman–Crippen LogP) is 1.74. The number of nitrogens with one attached hydrogen (secondary N) is 1. The SMILES string of the molecule is CN(C)[C@@H]1C(O)=C(C(N)=O)C[C@@]2(O)C(O)=C3C(=O)c4c(O)cc(CNC(=O)C(C)(C)C)c(F)c4C[C@H]3C[C@@H]12. The highest BCUT2D eigenvalue weighted by Crippen LogP contribution is 2.53. The Bertz CT molecular complexity index is 1310. The van der Waals surface area contributed by atoms with Crippen LogP contribution in [0, 0.1) is 23.1 Å². The van der Waals surface area contributed by atoms with Crippen molar-refractivity contribution in [3.05, 3.63) is 51.2 Å². The summed E-state index contributed by atoms with van der Waals surface area (Å²) in [5.74, 6) is -5.95. The van der Waals surface area contributed by atoms with Crippen LogP contribution in [0.4, 0.5) is 4.39 Å². The number of hydrogen-bond acceptors (Lipinski definition) is 8. The number of phenols is 1. The Labute approximate surface area is 219 Å². The fourth-order valence-electron chi connectivity index (χ4n) is 6.01. The second-order valence-corrected chi connectivity index (χ2v) is 11.7. The van der Waals surface area contributed by atoms with Crippen LogP contribution in [0.15, 0.2) is 28.7 Å². The largest absolute Gasteiger partial charge is 0.510 e. The van der Waals surface area contributed by atoms with E-state index in [2.05, 4.69) is 5.32 Å². The van der Waals surface area contributed by atoms with Crippen LogP contribution in [-0.2, 0) is 22.6 Å². The van der Waals surface area contributed by atoms with Gasteiger partial charge >= 0.3 is 0 Å². The van der Waals surface area contributed by atoms with Crippen LogP contribution in [0.25, 0.3) is 0 Å². The van der Waals surface area contributed by atoms with Gasteiger partial charge in [-0.05, 0) is 38.9 Å². The number of benzene rings is 1. The maximum atomic E-state index is 15.7. The van der Waals surface area contributed by atoms with Crippen molar-refractivity contribution in [3.63, 3.8) is 0 Å². The van der Waals surface area contributed by atoms with E-state index in [-0.39, 0.29) is 58.9 Å². The molecule has 1 aromatic rings. The summed E-state index contributed by atoms with van der Waals surface area (Å²) in [6, 6.07) is 0.163. The minimum Gasteiger partial charge on any atom is -0.510 e. The summed E-state index contributed by atoms with van der Waals surface area (Å²) in [5, 5.41) is 47.1. The molecule has 3 aliphatic carbocycles. The molecule has 0 aliphatic heterocycles. The number of likely N-dealkylation sites (N-methyl/N-ethyl adjacent to an activating group) is 1. The van der Waals surface area contributed by atoms with Crippen molar-refractivity contribution in [3.8, 4) is 5.75 Å². The van der Waals surface area contributed by atoms with Gasteiger partial charge in [-0.15, -0.1) is 0 Å². The number of fused-ring (bicyclic) bond motifs is 3. The Morgan fingerprint density at radius 1 is 1.24 bits per heavy atom. The zero-order chi connectivity index (χ0) is 28.5. The molecule has 0 unspecified atom stereocenters.